The second-order valence-corrected chi connectivity index (χ2v) is 4.50. The lowest BCUT2D eigenvalue weighted by Crippen LogP contribution is -2.26. The average Bonchev–Trinajstić information content (AvgIpc) is 2.70. The molecule has 0 radical (unpaired) electrons. The predicted octanol–water partition coefficient (Wildman–Crippen LogP) is 2.38. The second-order valence-electron chi connectivity index (χ2n) is 3.59. The van der Waals surface area contributed by atoms with Gasteiger partial charge in [0.2, 0.25) is 0 Å². The van der Waals surface area contributed by atoms with E-state index in [9.17, 15) is 0 Å². The summed E-state index contributed by atoms with van der Waals surface area (Å²) >= 11 is 1.82. The van der Waals surface area contributed by atoms with Gasteiger partial charge in [0, 0.05) is 17.3 Å². The van der Waals surface area contributed by atoms with E-state index in [1.54, 1.807) is 0 Å². The van der Waals surface area contributed by atoms with E-state index in [-0.39, 0.29) is 0 Å². The molecule has 2 nitrogen and oxygen atoms in total. The summed E-state index contributed by atoms with van der Waals surface area (Å²) in [5.74, 6) is 0. The fraction of sp³-hybridized carbons (Fsp3) is 0.333. The lowest BCUT2D eigenvalue weighted by atomic mass is 10.1. The molecule has 0 aliphatic heterocycles. The maximum atomic E-state index is 3.34. The van der Waals surface area contributed by atoms with Gasteiger partial charge < -0.3 is 10.6 Å². The highest BCUT2D eigenvalue weighted by molar-refractivity contribution is 7.17. The molecule has 0 spiro atoms. The number of hydrogen-bond acceptors (Lipinski definition) is 3. The van der Waals surface area contributed by atoms with E-state index in [0.717, 1.165) is 6.54 Å². The van der Waals surface area contributed by atoms with Gasteiger partial charge in [-0.3, -0.25) is 0 Å². The van der Waals surface area contributed by atoms with Gasteiger partial charge >= 0.3 is 0 Å². The van der Waals surface area contributed by atoms with E-state index >= 15 is 0 Å². The number of likely N-dealkylation sites (N-methyl/N-ethyl adjacent to an activating group) is 2. The molecule has 15 heavy (non-hydrogen) atoms. The van der Waals surface area contributed by atoms with Crippen LogP contribution in [-0.4, -0.2) is 20.6 Å². The molecule has 3 heteroatoms. The Labute approximate surface area is 94.3 Å². The van der Waals surface area contributed by atoms with Gasteiger partial charge in [0.25, 0.3) is 0 Å². The Morgan fingerprint density at radius 1 is 1.27 bits per heavy atom. The van der Waals surface area contributed by atoms with E-state index in [4.69, 9.17) is 0 Å². The highest BCUT2D eigenvalue weighted by Gasteiger charge is 2.12. The summed E-state index contributed by atoms with van der Waals surface area (Å²) in [5, 5.41) is 10.2. The van der Waals surface area contributed by atoms with Crippen LogP contribution in [0.3, 0.4) is 0 Å². The van der Waals surface area contributed by atoms with Gasteiger partial charge in [-0.15, -0.1) is 11.3 Å². The van der Waals surface area contributed by atoms with E-state index in [1.165, 1.54) is 15.6 Å². The van der Waals surface area contributed by atoms with Crippen molar-refractivity contribution in [3.63, 3.8) is 0 Å². The summed E-state index contributed by atoms with van der Waals surface area (Å²) in [6.07, 6.45) is 0. The Balaban J connectivity index is 2.41. The molecule has 1 aromatic carbocycles. The molecule has 0 saturated carbocycles. The zero-order valence-electron chi connectivity index (χ0n) is 9.08. The Morgan fingerprint density at radius 3 is 2.80 bits per heavy atom. The minimum Gasteiger partial charge on any atom is -0.318 e. The maximum Gasteiger partial charge on any atom is 0.0458 e. The monoisotopic (exact) mass is 220 g/mol. The SMILES string of the molecule is CNCC(NC)c1csc2ccccc12. The molecule has 1 atom stereocenters. The van der Waals surface area contributed by atoms with Crippen LogP contribution >= 0.6 is 11.3 Å². The third-order valence-electron chi connectivity index (χ3n) is 2.64. The van der Waals surface area contributed by atoms with E-state index in [1.807, 2.05) is 25.4 Å². The summed E-state index contributed by atoms with van der Waals surface area (Å²) in [6.45, 7) is 0.956. The molecule has 1 unspecified atom stereocenters. The first-order valence-electron chi connectivity index (χ1n) is 5.15. The fourth-order valence-corrected chi connectivity index (χ4v) is 2.85. The molecular formula is C12H16N2S. The van der Waals surface area contributed by atoms with Crippen LogP contribution in [0, 0.1) is 0 Å². The van der Waals surface area contributed by atoms with Crippen molar-refractivity contribution >= 4 is 21.4 Å². The smallest absolute Gasteiger partial charge is 0.0458 e. The summed E-state index contributed by atoms with van der Waals surface area (Å²) in [6, 6.07) is 8.96. The van der Waals surface area contributed by atoms with Crippen LogP contribution in [0.25, 0.3) is 10.1 Å². The van der Waals surface area contributed by atoms with Crippen molar-refractivity contribution in [2.45, 2.75) is 6.04 Å². The first-order chi connectivity index (χ1) is 7.36. The van der Waals surface area contributed by atoms with Crippen molar-refractivity contribution in [1.29, 1.82) is 0 Å². The fourth-order valence-electron chi connectivity index (χ4n) is 1.84. The van der Waals surface area contributed by atoms with Crippen molar-refractivity contribution in [3.8, 4) is 0 Å². The van der Waals surface area contributed by atoms with Crippen molar-refractivity contribution < 1.29 is 0 Å². The van der Waals surface area contributed by atoms with Gasteiger partial charge in [-0.25, -0.2) is 0 Å². The van der Waals surface area contributed by atoms with Crippen LogP contribution in [0.1, 0.15) is 11.6 Å². The first kappa shape index (κ1) is 10.6. The van der Waals surface area contributed by atoms with Crippen LogP contribution in [0.2, 0.25) is 0 Å². The quantitative estimate of drug-likeness (QED) is 0.826. The molecule has 1 aromatic heterocycles. The topological polar surface area (TPSA) is 24.1 Å². The average molecular weight is 220 g/mol. The van der Waals surface area contributed by atoms with Crippen molar-refractivity contribution in [1.82, 2.24) is 10.6 Å². The molecule has 0 aliphatic carbocycles. The van der Waals surface area contributed by atoms with Gasteiger partial charge in [0.15, 0.2) is 0 Å². The second kappa shape index (κ2) is 4.75. The van der Waals surface area contributed by atoms with Gasteiger partial charge in [0.05, 0.1) is 0 Å². The minimum absolute atomic E-state index is 0.395. The number of nitrogens with one attached hydrogen (secondary N) is 2. The van der Waals surface area contributed by atoms with Gasteiger partial charge in [-0.2, -0.15) is 0 Å². The maximum absolute atomic E-state index is 3.34. The van der Waals surface area contributed by atoms with Crippen LogP contribution < -0.4 is 10.6 Å². The minimum atomic E-state index is 0.395. The molecule has 2 aromatic rings. The van der Waals surface area contributed by atoms with Crippen molar-refractivity contribution in [3.05, 3.63) is 35.2 Å². The molecule has 2 rings (SSSR count). The van der Waals surface area contributed by atoms with E-state index in [0.29, 0.717) is 6.04 Å². The third-order valence-corrected chi connectivity index (χ3v) is 3.62. The highest BCUT2D eigenvalue weighted by Crippen LogP contribution is 2.29. The number of benzene rings is 1. The molecule has 0 fully saturated rings. The van der Waals surface area contributed by atoms with Gasteiger partial charge in [-0.05, 0) is 36.5 Å². The normalized spacial score (nSPS) is 13.2. The standard InChI is InChI=1S/C12H16N2S/c1-13-7-11(14-2)10-8-15-12-6-4-3-5-9(10)12/h3-6,8,11,13-14H,7H2,1-2H3. The van der Waals surface area contributed by atoms with Gasteiger partial charge in [-0.1, -0.05) is 18.2 Å². The summed E-state index contributed by atoms with van der Waals surface area (Å²) in [5.41, 5.74) is 1.40. The van der Waals surface area contributed by atoms with Crippen molar-refractivity contribution in [2.24, 2.45) is 0 Å². The zero-order valence-corrected chi connectivity index (χ0v) is 9.90. The van der Waals surface area contributed by atoms with Crippen LogP contribution in [0.15, 0.2) is 29.6 Å². The number of rotatable bonds is 4. The molecular weight excluding hydrogens is 204 g/mol. The lowest BCUT2D eigenvalue weighted by Gasteiger charge is -2.14. The Bertz CT molecular complexity index is 436. The number of fused-ring (bicyclic) bond motifs is 1. The van der Waals surface area contributed by atoms with Gasteiger partial charge in [0.1, 0.15) is 0 Å². The molecule has 2 N–H and O–H groups in total. The molecule has 0 saturated heterocycles. The Kier molecular flexibility index (Phi) is 3.36. The zero-order chi connectivity index (χ0) is 10.7. The third kappa shape index (κ3) is 2.04. The van der Waals surface area contributed by atoms with E-state index < -0.39 is 0 Å². The van der Waals surface area contributed by atoms with Crippen LogP contribution in [0.5, 0.6) is 0 Å². The Morgan fingerprint density at radius 2 is 2.07 bits per heavy atom. The summed E-state index contributed by atoms with van der Waals surface area (Å²) < 4.78 is 1.36. The molecule has 0 amide bonds. The molecule has 1 heterocycles. The lowest BCUT2D eigenvalue weighted by molar-refractivity contribution is 0.563. The van der Waals surface area contributed by atoms with Crippen LogP contribution in [-0.2, 0) is 0 Å². The predicted molar refractivity (Wildman–Crippen MR) is 67.6 cm³/mol. The highest BCUT2D eigenvalue weighted by atomic mass is 32.1. The summed E-state index contributed by atoms with van der Waals surface area (Å²) in [4.78, 5) is 0. The van der Waals surface area contributed by atoms with Crippen LogP contribution in [0.4, 0.5) is 0 Å². The number of hydrogen-bond donors (Lipinski definition) is 2. The largest absolute Gasteiger partial charge is 0.318 e. The van der Waals surface area contributed by atoms with E-state index in [2.05, 4.69) is 40.3 Å². The molecule has 0 aliphatic rings. The molecule has 0 bridgehead atoms. The Hall–Kier alpha value is -0.900. The molecule has 80 valence electrons. The first-order valence-corrected chi connectivity index (χ1v) is 6.02. The summed E-state index contributed by atoms with van der Waals surface area (Å²) in [7, 11) is 3.99. The number of thiophene rings is 1. The van der Waals surface area contributed by atoms with Crippen molar-refractivity contribution in [2.75, 3.05) is 20.6 Å².